The summed E-state index contributed by atoms with van der Waals surface area (Å²) < 4.78 is 5.02. The molecule has 0 saturated carbocycles. The van der Waals surface area contributed by atoms with Crippen molar-refractivity contribution < 1.29 is 14.6 Å². The molecule has 0 aliphatic rings. The molecule has 0 aromatic heterocycles. The van der Waals surface area contributed by atoms with E-state index in [0.29, 0.717) is 11.6 Å². The Morgan fingerprint density at radius 3 is 2.59 bits per heavy atom. The van der Waals surface area contributed by atoms with Crippen LogP contribution in [0.5, 0.6) is 0 Å². The third kappa shape index (κ3) is 3.72. The maximum absolute atomic E-state index is 10.8. The minimum absolute atomic E-state index is 0.0763. The molecular weight excluding hydrogens is 240 g/mol. The van der Waals surface area contributed by atoms with Crippen molar-refractivity contribution in [2.75, 3.05) is 7.11 Å². The van der Waals surface area contributed by atoms with Gasteiger partial charge in [-0.15, -0.1) is 0 Å². The number of rotatable bonds is 5. The second-order valence-corrected chi connectivity index (χ2v) is 5.10. The van der Waals surface area contributed by atoms with Crippen molar-refractivity contribution in [3.63, 3.8) is 0 Å². The highest BCUT2D eigenvalue weighted by atomic mass is 35.5. The number of carbonyl (C=O) groups is 1. The Morgan fingerprint density at radius 2 is 2.12 bits per heavy atom. The third-order valence-electron chi connectivity index (χ3n) is 2.73. The van der Waals surface area contributed by atoms with Gasteiger partial charge in [0, 0.05) is 17.5 Å². The maximum atomic E-state index is 10.8. The minimum atomic E-state index is -0.813. The van der Waals surface area contributed by atoms with Gasteiger partial charge in [0.05, 0.1) is 13.0 Å². The first-order chi connectivity index (χ1) is 7.86. The van der Waals surface area contributed by atoms with Gasteiger partial charge in [-0.25, -0.2) is 0 Å². The van der Waals surface area contributed by atoms with E-state index in [1.165, 1.54) is 0 Å². The van der Waals surface area contributed by atoms with Crippen molar-refractivity contribution >= 4 is 17.6 Å². The van der Waals surface area contributed by atoms with Gasteiger partial charge in [-0.2, -0.15) is 0 Å². The van der Waals surface area contributed by atoms with Gasteiger partial charge in [0.1, 0.15) is 0 Å². The number of hydrogen-bond acceptors (Lipinski definition) is 2. The van der Waals surface area contributed by atoms with Crippen molar-refractivity contribution in [3.8, 4) is 0 Å². The monoisotopic (exact) mass is 256 g/mol. The molecule has 94 valence electrons. The quantitative estimate of drug-likeness (QED) is 0.880. The van der Waals surface area contributed by atoms with Crippen LogP contribution < -0.4 is 0 Å². The number of benzene rings is 1. The van der Waals surface area contributed by atoms with Crippen LogP contribution in [0.3, 0.4) is 0 Å². The fraction of sp³-hybridized carbons (Fsp3) is 0.462. The molecule has 0 heterocycles. The van der Waals surface area contributed by atoms with Crippen LogP contribution in [-0.4, -0.2) is 18.2 Å². The lowest BCUT2D eigenvalue weighted by atomic mass is 9.81. The number of aliphatic carboxylic acids is 1. The van der Waals surface area contributed by atoms with E-state index >= 15 is 0 Å². The second kappa shape index (κ2) is 5.52. The molecule has 0 bridgehead atoms. The number of halogens is 1. The molecule has 0 spiro atoms. The lowest BCUT2D eigenvalue weighted by Gasteiger charge is -2.23. The lowest BCUT2D eigenvalue weighted by Crippen LogP contribution is -2.21. The van der Waals surface area contributed by atoms with Crippen LogP contribution in [0.25, 0.3) is 0 Å². The summed E-state index contributed by atoms with van der Waals surface area (Å²) >= 11 is 6.12. The number of carboxylic acids is 1. The molecule has 0 aliphatic carbocycles. The van der Waals surface area contributed by atoms with E-state index in [2.05, 4.69) is 0 Å². The molecule has 1 N–H and O–H groups in total. The Balaban J connectivity index is 3.00. The van der Waals surface area contributed by atoms with Crippen LogP contribution in [0.4, 0.5) is 0 Å². The summed E-state index contributed by atoms with van der Waals surface area (Å²) in [5.74, 6) is -0.813. The number of hydrogen-bond donors (Lipinski definition) is 1. The molecule has 0 atom stereocenters. The van der Waals surface area contributed by atoms with Crippen molar-refractivity contribution in [1.29, 1.82) is 0 Å². The normalized spacial score (nSPS) is 11.5. The van der Waals surface area contributed by atoms with Crippen LogP contribution >= 0.6 is 11.6 Å². The summed E-state index contributed by atoms with van der Waals surface area (Å²) in [6, 6.07) is 5.60. The van der Waals surface area contributed by atoms with Gasteiger partial charge in [0.15, 0.2) is 0 Å². The number of methoxy groups -OCH3 is 1. The van der Waals surface area contributed by atoms with Crippen LogP contribution in [0.15, 0.2) is 18.2 Å². The van der Waals surface area contributed by atoms with Crippen molar-refractivity contribution in [3.05, 3.63) is 34.3 Å². The molecule has 0 fully saturated rings. The summed E-state index contributed by atoms with van der Waals surface area (Å²) in [5, 5.41) is 9.48. The van der Waals surface area contributed by atoms with E-state index < -0.39 is 11.4 Å². The van der Waals surface area contributed by atoms with E-state index in [-0.39, 0.29) is 6.42 Å². The van der Waals surface area contributed by atoms with Crippen LogP contribution in [0.2, 0.25) is 5.02 Å². The number of ether oxygens (including phenoxy) is 1. The Bertz CT molecular complexity index is 413. The van der Waals surface area contributed by atoms with Crippen LogP contribution in [0, 0.1) is 0 Å². The molecule has 0 radical (unpaired) electrons. The smallest absolute Gasteiger partial charge is 0.304 e. The zero-order chi connectivity index (χ0) is 13.1. The highest BCUT2D eigenvalue weighted by Crippen LogP contribution is 2.30. The molecule has 1 aromatic carbocycles. The predicted octanol–water partition coefficient (Wildman–Crippen LogP) is 3.24. The average molecular weight is 257 g/mol. The molecule has 4 heteroatoms. The minimum Gasteiger partial charge on any atom is -0.481 e. The van der Waals surface area contributed by atoms with Crippen molar-refractivity contribution in [2.45, 2.75) is 32.3 Å². The third-order valence-corrected chi connectivity index (χ3v) is 3.08. The van der Waals surface area contributed by atoms with Crippen molar-refractivity contribution in [1.82, 2.24) is 0 Å². The van der Waals surface area contributed by atoms with Crippen LogP contribution in [0.1, 0.15) is 31.4 Å². The molecule has 17 heavy (non-hydrogen) atoms. The molecule has 0 aliphatic heterocycles. The van der Waals surface area contributed by atoms with Crippen LogP contribution in [-0.2, 0) is 21.6 Å². The maximum Gasteiger partial charge on any atom is 0.304 e. The largest absolute Gasteiger partial charge is 0.481 e. The molecule has 1 aromatic rings. The van der Waals surface area contributed by atoms with E-state index in [4.69, 9.17) is 21.4 Å². The first kappa shape index (κ1) is 14.0. The SMILES string of the molecule is COCc1ccc(C(C)(C)CC(=O)O)cc1Cl. The summed E-state index contributed by atoms with van der Waals surface area (Å²) in [7, 11) is 1.61. The predicted molar refractivity (Wildman–Crippen MR) is 67.4 cm³/mol. The molecular formula is C13H17ClO3. The van der Waals surface area contributed by atoms with E-state index in [9.17, 15) is 4.79 Å². The lowest BCUT2D eigenvalue weighted by molar-refractivity contribution is -0.138. The highest BCUT2D eigenvalue weighted by Gasteiger charge is 2.24. The van der Waals surface area contributed by atoms with E-state index in [1.807, 2.05) is 32.0 Å². The standard InChI is InChI=1S/C13H17ClO3/c1-13(2,7-12(15)16)10-5-4-9(8-17-3)11(14)6-10/h4-6H,7-8H2,1-3H3,(H,15,16). The van der Waals surface area contributed by atoms with Gasteiger partial charge >= 0.3 is 5.97 Å². The second-order valence-electron chi connectivity index (χ2n) is 4.69. The first-order valence-electron chi connectivity index (χ1n) is 5.36. The molecule has 1 rings (SSSR count). The average Bonchev–Trinajstić information content (AvgIpc) is 2.19. The summed E-state index contributed by atoms with van der Waals surface area (Å²) in [5.41, 5.74) is 1.40. The van der Waals surface area contributed by atoms with Gasteiger partial charge in [0.25, 0.3) is 0 Å². The zero-order valence-electron chi connectivity index (χ0n) is 10.3. The fourth-order valence-electron chi connectivity index (χ4n) is 1.72. The highest BCUT2D eigenvalue weighted by molar-refractivity contribution is 6.31. The Kier molecular flexibility index (Phi) is 4.54. The summed E-state index contributed by atoms with van der Waals surface area (Å²) in [6.07, 6.45) is 0.0763. The molecule has 0 amide bonds. The van der Waals surface area contributed by atoms with Gasteiger partial charge in [-0.05, 0) is 17.2 Å². The summed E-state index contributed by atoms with van der Waals surface area (Å²) in [6.45, 7) is 4.24. The Labute approximate surface area is 106 Å². The zero-order valence-corrected chi connectivity index (χ0v) is 11.0. The van der Waals surface area contributed by atoms with Gasteiger partial charge in [-0.1, -0.05) is 37.6 Å². The van der Waals surface area contributed by atoms with E-state index in [1.54, 1.807) is 7.11 Å². The van der Waals surface area contributed by atoms with Gasteiger partial charge < -0.3 is 9.84 Å². The van der Waals surface area contributed by atoms with Gasteiger partial charge in [0.2, 0.25) is 0 Å². The Morgan fingerprint density at radius 1 is 1.47 bits per heavy atom. The molecule has 3 nitrogen and oxygen atoms in total. The van der Waals surface area contributed by atoms with Crippen molar-refractivity contribution in [2.24, 2.45) is 0 Å². The Hall–Kier alpha value is -1.06. The molecule has 0 saturated heterocycles. The first-order valence-corrected chi connectivity index (χ1v) is 5.74. The van der Waals surface area contributed by atoms with E-state index in [0.717, 1.165) is 11.1 Å². The van der Waals surface area contributed by atoms with Gasteiger partial charge in [-0.3, -0.25) is 4.79 Å². The number of carboxylic acid groups (broad SMARTS) is 1. The fourth-order valence-corrected chi connectivity index (χ4v) is 1.96. The molecule has 0 unspecified atom stereocenters. The topological polar surface area (TPSA) is 46.5 Å². The summed E-state index contributed by atoms with van der Waals surface area (Å²) in [4.78, 5) is 10.8.